The average Bonchev–Trinajstić information content (AvgIpc) is 2.89. The molecule has 2 aliphatic heterocycles. The van der Waals surface area contributed by atoms with Gasteiger partial charge in [0.25, 0.3) is 6.71 Å². The van der Waals surface area contributed by atoms with Crippen LogP contribution in [0.4, 0.5) is 0 Å². The summed E-state index contributed by atoms with van der Waals surface area (Å²) in [4.78, 5) is 4.75. The molecule has 5 aromatic rings. The Kier molecular flexibility index (Phi) is 4.15. The normalized spacial score (nSPS) is 12.7. The van der Waals surface area contributed by atoms with E-state index in [1.807, 2.05) is 30.5 Å². The van der Waals surface area contributed by atoms with E-state index >= 15 is 0 Å². The Balaban J connectivity index is 1.45. The monoisotopic (exact) mass is 437 g/mol. The van der Waals surface area contributed by atoms with Gasteiger partial charge in [-0.05, 0) is 70.9 Å². The number of hydrogen-bond acceptors (Lipinski definition) is 3. The lowest BCUT2D eigenvalue weighted by molar-refractivity contribution is 0.465. The molecule has 0 aliphatic carbocycles. The molecule has 34 heavy (non-hydrogen) atoms. The van der Waals surface area contributed by atoms with Gasteiger partial charge in [-0.2, -0.15) is 0 Å². The molecule has 0 saturated carbocycles. The molecule has 0 amide bonds. The zero-order valence-electron chi connectivity index (χ0n) is 18.7. The van der Waals surface area contributed by atoms with Crippen molar-refractivity contribution in [3.05, 3.63) is 109 Å². The van der Waals surface area contributed by atoms with Crippen LogP contribution in [0.25, 0.3) is 22.4 Å². The number of hydrogen-bond donors (Lipinski definition) is 0. The maximum Gasteiger partial charge on any atom is 0.260 e. The molecule has 1 aromatic heterocycles. The van der Waals surface area contributed by atoms with Gasteiger partial charge in [-0.25, -0.2) is 0 Å². The van der Waals surface area contributed by atoms with Gasteiger partial charge in [-0.15, -0.1) is 0 Å². The fourth-order valence-electron chi connectivity index (χ4n) is 5.23. The summed E-state index contributed by atoms with van der Waals surface area (Å²) in [7, 11) is 0. The fourth-order valence-corrected chi connectivity index (χ4v) is 5.23. The number of ether oxygens (including phenoxy) is 2. The van der Waals surface area contributed by atoms with Crippen molar-refractivity contribution in [2.75, 3.05) is 0 Å². The van der Waals surface area contributed by atoms with E-state index in [2.05, 4.69) is 79.7 Å². The van der Waals surface area contributed by atoms with Crippen LogP contribution in [0.1, 0.15) is 5.56 Å². The fraction of sp³-hybridized carbons (Fsp3) is 0.0333. The second-order valence-corrected chi connectivity index (χ2v) is 8.81. The Morgan fingerprint density at radius 2 is 1.35 bits per heavy atom. The lowest BCUT2D eigenvalue weighted by atomic mass is 9.34. The Bertz CT molecular complexity index is 1580. The van der Waals surface area contributed by atoms with E-state index in [-0.39, 0.29) is 6.71 Å². The molecular weight excluding hydrogens is 417 g/mol. The molecule has 160 valence electrons. The van der Waals surface area contributed by atoms with Crippen molar-refractivity contribution >= 4 is 23.1 Å². The van der Waals surface area contributed by atoms with Crippen molar-refractivity contribution in [3.63, 3.8) is 0 Å². The molecule has 0 unspecified atom stereocenters. The van der Waals surface area contributed by atoms with E-state index in [0.717, 1.165) is 56.2 Å². The van der Waals surface area contributed by atoms with Crippen LogP contribution in [0.3, 0.4) is 0 Å². The van der Waals surface area contributed by atoms with Crippen LogP contribution in [0.15, 0.2) is 103 Å². The zero-order valence-corrected chi connectivity index (χ0v) is 18.7. The van der Waals surface area contributed by atoms with Crippen LogP contribution < -0.4 is 25.9 Å². The standard InChI is InChI=1S/C30H20BNO2/c1-19-8-2-3-9-21(19)20-16-17-32-25(18-20)22-14-15-28-29-30(22)34-27-13-7-5-11-24(27)31(29)23-10-4-6-12-26(23)33-28/h2-18H,1H3. The van der Waals surface area contributed by atoms with E-state index < -0.39 is 0 Å². The lowest BCUT2D eigenvalue weighted by Gasteiger charge is -2.33. The zero-order chi connectivity index (χ0) is 22.6. The molecule has 7 rings (SSSR count). The number of para-hydroxylation sites is 2. The molecule has 4 aromatic carbocycles. The third kappa shape index (κ3) is 2.82. The molecule has 0 fully saturated rings. The predicted molar refractivity (Wildman–Crippen MR) is 138 cm³/mol. The minimum Gasteiger partial charge on any atom is -0.458 e. The number of nitrogens with zero attached hydrogens (tertiary/aromatic N) is 1. The molecule has 3 nitrogen and oxygen atoms in total. The first-order valence-electron chi connectivity index (χ1n) is 11.5. The number of aryl methyl sites for hydroxylation is 1. The van der Waals surface area contributed by atoms with Gasteiger partial charge >= 0.3 is 0 Å². The number of aromatic nitrogens is 1. The summed E-state index contributed by atoms with van der Waals surface area (Å²) < 4.78 is 12.9. The molecular formula is C30H20BNO2. The molecule has 0 N–H and O–H groups in total. The van der Waals surface area contributed by atoms with Gasteiger partial charge in [0.05, 0.1) is 5.69 Å². The number of pyridine rings is 1. The van der Waals surface area contributed by atoms with Crippen molar-refractivity contribution < 1.29 is 9.47 Å². The average molecular weight is 437 g/mol. The molecule has 0 radical (unpaired) electrons. The summed E-state index contributed by atoms with van der Waals surface area (Å²) in [6, 6.07) is 33.3. The summed E-state index contributed by atoms with van der Waals surface area (Å²) in [5, 5.41) is 0. The first-order chi connectivity index (χ1) is 16.8. The molecule has 0 spiro atoms. The lowest BCUT2D eigenvalue weighted by Crippen LogP contribution is -2.57. The van der Waals surface area contributed by atoms with Crippen molar-refractivity contribution in [3.8, 4) is 45.4 Å². The third-order valence-electron chi connectivity index (χ3n) is 6.83. The molecule has 2 aliphatic rings. The molecule has 0 bridgehead atoms. The molecule has 3 heterocycles. The van der Waals surface area contributed by atoms with Gasteiger partial charge < -0.3 is 9.47 Å². The van der Waals surface area contributed by atoms with Gasteiger partial charge in [0.15, 0.2) is 0 Å². The summed E-state index contributed by atoms with van der Waals surface area (Å²) in [5.41, 5.74) is 8.82. The smallest absolute Gasteiger partial charge is 0.260 e. The van der Waals surface area contributed by atoms with Crippen molar-refractivity contribution in [1.82, 2.24) is 4.98 Å². The SMILES string of the molecule is Cc1ccccc1-c1ccnc(-c2ccc3c4c2Oc2ccccc2B4c2ccccc2O3)c1. The maximum absolute atomic E-state index is 6.57. The first kappa shape index (κ1) is 19.2. The van der Waals surface area contributed by atoms with Crippen LogP contribution >= 0.6 is 0 Å². The highest BCUT2D eigenvalue weighted by molar-refractivity contribution is 6.98. The summed E-state index contributed by atoms with van der Waals surface area (Å²) >= 11 is 0. The Morgan fingerprint density at radius 1 is 0.647 bits per heavy atom. The molecule has 0 saturated heterocycles. The van der Waals surface area contributed by atoms with Crippen LogP contribution in [-0.2, 0) is 0 Å². The second-order valence-electron chi connectivity index (χ2n) is 8.81. The number of benzene rings is 4. The summed E-state index contributed by atoms with van der Waals surface area (Å²) in [6.07, 6.45) is 1.88. The van der Waals surface area contributed by atoms with Crippen LogP contribution in [-0.4, -0.2) is 11.7 Å². The molecule has 0 atom stereocenters. The molecule has 4 heteroatoms. The maximum atomic E-state index is 6.57. The predicted octanol–water partition coefficient (Wildman–Crippen LogP) is 5.45. The topological polar surface area (TPSA) is 31.4 Å². The summed E-state index contributed by atoms with van der Waals surface area (Å²) in [5.74, 6) is 3.44. The second kappa shape index (κ2) is 7.36. The van der Waals surface area contributed by atoms with Gasteiger partial charge in [0, 0.05) is 17.2 Å². The highest BCUT2D eigenvalue weighted by Crippen LogP contribution is 2.40. The number of rotatable bonds is 2. The highest BCUT2D eigenvalue weighted by atomic mass is 16.5. The van der Waals surface area contributed by atoms with E-state index in [9.17, 15) is 0 Å². The largest absolute Gasteiger partial charge is 0.458 e. The minimum atomic E-state index is 0.0550. The van der Waals surface area contributed by atoms with Crippen LogP contribution in [0.5, 0.6) is 23.0 Å². The van der Waals surface area contributed by atoms with E-state index in [1.54, 1.807) is 0 Å². The van der Waals surface area contributed by atoms with E-state index in [4.69, 9.17) is 14.5 Å². The summed E-state index contributed by atoms with van der Waals surface area (Å²) in [6.45, 7) is 2.19. The van der Waals surface area contributed by atoms with Crippen LogP contribution in [0, 0.1) is 6.92 Å². The van der Waals surface area contributed by atoms with Crippen molar-refractivity contribution in [2.45, 2.75) is 6.92 Å². The van der Waals surface area contributed by atoms with E-state index in [1.165, 1.54) is 11.1 Å². The number of fused-ring (bicyclic) bond motifs is 4. The minimum absolute atomic E-state index is 0.0550. The Labute approximate surface area is 198 Å². The Hall–Kier alpha value is -4.31. The quantitative estimate of drug-likeness (QED) is 0.337. The third-order valence-corrected chi connectivity index (χ3v) is 6.83. The Morgan fingerprint density at radius 3 is 2.15 bits per heavy atom. The van der Waals surface area contributed by atoms with Gasteiger partial charge in [0.2, 0.25) is 0 Å². The highest BCUT2D eigenvalue weighted by Gasteiger charge is 2.40. The van der Waals surface area contributed by atoms with Gasteiger partial charge in [-0.1, -0.05) is 60.7 Å². The van der Waals surface area contributed by atoms with E-state index in [0.29, 0.717) is 0 Å². The van der Waals surface area contributed by atoms with Gasteiger partial charge in [0.1, 0.15) is 23.0 Å². The van der Waals surface area contributed by atoms with Crippen molar-refractivity contribution in [1.29, 1.82) is 0 Å². The van der Waals surface area contributed by atoms with Crippen molar-refractivity contribution in [2.24, 2.45) is 0 Å². The van der Waals surface area contributed by atoms with Crippen LogP contribution in [0.2, 0.25) is 0 Å². The van der Waals surface area contributed by atoms with Gasteiger partial charge in [-0.3, -0.25) is 4.98 Å². The first-order valence-corrected chi connectivity index (χ1v) is 11.5.